The van der Waals surface area contributed by atoms with Gasteiger partial charge in [0.15, 0.2) is 11.5 Å². The predicted molar refractivity (Wildman–Crippen MR) is 108 cm³/mol. The molecule has 1 aliphatic rings. The lowest BCUT2D eigenvalue weighted by molar-refractivity contribution is 0.0928. The first-order valence-electron chi connectivity index (χ1n) is 9.55. The zero-order chi connectivity index (χ0) is 19.9. The van der Waals surface area contributed by atoms with Gasteiger partial charge in [-0.05, 0) is 43.2 Å². The highest BCUT2D eigenvalue weighted by molar-refractivity contribution is 6.09. The van der Waals surface area contributed by atoms with Crippen LogP contribution in [0.15, 0.2) is 42.5 Å². The lowest BCUT2D eigenvalue weighted by Gasteiger charge is -2.23. The number of ether oxygens (including phenoxy) is 2. The third kappa shape index (κ3) is 4.63. The molecule has 6 heteroatoms. The zero-order valence-corrected chi connectivity index (χ0v) is 16.3. The van der Waals surface area contributed by atoms with E-state index in [-0.39, 0.29) is 17.9 Å². The standard InChI is InChI=1S/C22H26N2O4/c1-27-19-13-12-15(14-20(19)28-2)21(25)24-18-11-7-6-10-17(18)22(26)23-16-8-4-3-5-9-16/h6-7,10-14,16H,3-5,8-9H2,1-2H3,(H,23,26)(H,24,25). The normalized spacial score (nSPS) is 14.2. The number of hydrogen-bond acceptors (Lipinski definition) is 4. The van der Waals surface area contributed by atoms with Gasteiger partial charge in [-0.3, -0.25) is 9.59 Å². The molecule has 0 aliphatic heterocycles. The van der Waals surface area contributed by atoms with Crippen molar-refractivity contribution in [2.45, 2.75) is 38.1 Å². The molecule has 28 heavy (non-hydrogen) atoms. The van der Waals surface area contributed by atoms with Gasteiger partial charge in [-0.2, -0.15) is 0 Å². The minimum absolute atomic E-state index is 0.157. The summed E-state index contributed by atoms with van der Waals surface area (Å²) in [5.41, 5.74) is 1.36. The Labute approximate surface area is 165 Å². The molecule has 1 fully saturated rings. The van der Waals surface area contributed by atoms with Gasteiger partial charge in [0.2, 0.25) is 0 Å². The molecule has 3 rings (SSSR count). The molecule has 0 saturated heterocycles. The minimum Gasteiger partial charge on any atom is -0.493 e. The molecule has 148 valence electrons. The van der Waals surface area contributed by atoms with E-state index in [1.165, 1.54) is 13.5 Å². The van der Waals surface area contributed by atoms with E-state index in [0.717, 1.165) is 25.7 Å². The lowest BCUT2D eigenvalue weighted by Crippen LogP contribution is -2.36. The molecular formula is C22H26N2O4. The molecule has 6 nitrogen and oxygen atoms in total. The Balaban J connectivity index is 1.75. The Morgan fingerprint density at radius 2 is 1.61 bits per heavy atom. The van der Waals surface area contributed by atoms with Crippen molar-refractivity contribution in [3.8, 4) is 11.5 Å². The molecule has 1 saturated carbocycles. The van der Waals surface area contributed by atoms with Gasteiger partial charge in [-0.25, -0.2) is 0 Å². The summed E-state index contributed by atoms with van der Waals surface area (Å²) in [4.78, 5) is 25.4. The van der Waals surface area contributed by atoms with Crippen LogP contribution in [0.3, 0.4) is 0 Å². The van der Waals surface area contributed by atoms with Crippen molar-refractivity contribution in [1.29, 1.82) is 0 Å². The number of carbonyl (C=O) groups is 2. The molecule has 2 aromatic rings. The summed E-state index contributed by atoms with van der Waals surface area (Å²) in [5, 5.41) is 5.93. The second kappa shape index (κ2) is 9.26. The number of benzene rings is 2. The Morgan fingerprint density at radius 3 is 2.32 bits per heavy atom. The van der Waals surface area contributed by atoms with Crippen molar-refractivity contribution in [1.82, 2.24) is 5.32 Å². The van der Waals surface area contributed by atoms with Crippen LogP contribution in [0, 0.1) is 0 Å². The Hall–Kier alpha value is -3.02. The van der Waals surface area contributed by atoms with Crippen LogP contribution in [0.25, 0.3) is 0 Å². The molecule has 2 N–H and O–H groups in total. The summed E-state index contributed by atoms with van der Waals surface area (Å²) in [6, 6.07) is 12.2. The highest BCUT2D eigenvalue weighted by atomic mass is 16.5. The van der Waals surface area contributed by atoms with Gasteiger partial charge in [-0.1, -0.05) is 31.4 Å². The van der Waals surface area contributed by atoms with Gasteiger partial charge in [0.1, 0.15) is 0 Å². The number of anilines is 1. The first-order chi connectivity index (χ1) is 13.6. The predicted octanol–water partition coefficient (Wildman–Crippen LogP) is 4.02. The molecule has 0 heterocycles. The second-order valence-corrected chi connectivity index (χ2v) is 6.88. The van der Waals surface area contributed by atoms with Crippen molar-refractivity contribution in [2.75, 3.05) is 19.5 Å². The van der Waals surface area contributed by atoms with Crippen LogP contribution >= 0.6 is 0 Å². The summed E-state index contributed by atoms with van der Waals surface area (Å²) in [7, 11) is 3.06. The van der Waals surface area contributed by atoms with Crippen LogP contribution < -0.4 is 20.1 Å². The van der Waals surface area contributed by atoms with E-state index < -0.39 is 0 Å². The van der Waals surface area contributed by atoms with Gasteiger partial charge in [0.25, 0.3) is 11.8 Å². The maximum absolute atomic E-state index is 12.7. The van der Waals surface area contributed by atoms with Crippen LogP contribution in [-0.2, 0) is 0 Å². The lowest BCUT2D eigenvalue weighted by atomic mass is 9.95. The van der Waals surface area contributed by atoms with Crippen LogP contribution in [-0.4, -0.2) is 32.1 Å². The number of nitrogens with one attached hydrogen (secondary N) is 2. The zero-order valence-electron chi connectivity index (χ0n) is 16.3. The number of rotatable bonds is 6. The van der Waals surface area contributed by atoms with E-state index in [9.17, 15) is 9.59 Å². The largest absolute Gasteiger partial charge is 0.493 e. The Kier molecular flexibility index (Phi) is 6.53. The first-order valence-corrected chi connectivity index (χ1v) is 9.55. The van der Waals surface area contributed by atoms with E-state index >= 15 is 0 Å². The summed E-state index contributed by atoms with van der Waals surface area (Å²) in [6.45, 7) is 0. The topological polar surface area (TPSA) is 76.7 Å². The molecule has 0 aromatic heterocycles. The van der Waals surface area contributed by atoms with Crippen molar-refractivity contribution < 1.29 is 19.1 Å². The third-order valence-electron chi connectivity index (χ3n) is 5.01. The SMILES string of the molecule is COc1ccc(C(=O)Nc2ccccc2C(=O)NC2CCCCC2)cc1OC. The minimum atomic E-state index is -0.320. The maximum atomic E-state index is 12.7. The molecule has 0 unspecified atom stereocenters. The van der Waals surface area contributed by atoms with Crippen LogP contribution in [0.2, 0.25) is 0 Å². The third-order valence-corrected chi connectivity index (χ3v) is 5.01. The van der Waals surface area contributed by atoms with Crippen LogP contribution in [0.4, 0.5) is 5.69 Å². The number of para-hydroxylation sites is 1. The molecular weight excluding hydrogens is 356 g/mol. The highest BCUT2D eigenvalue weighted by Gasteiger charge is 2.19. The number of hydrogen-bond donors (Lipinski definition) is 2. The molecule has 0 bridgehead atoms. The van der Waals surface area contributed by atoms with Crippen molar-refractivity contribution in [3.05, 3.63) is 53.6 Å². The Bertz CT molecular complexity index is 844. The highest BCUT2D eigenvalue weighted by Crippen LogP contribution is 2.28. The van der Waals surface area contributed by atoms with E-state index in [4.69, 9.17) is 9.47 Å². The fourth-order valence-corrected chi connectivity index (χ4v) is 3.47. The van der Waals surface area contributed by atoms with Crippen molar-refractivity contribution in [2.24, 2.45) is 0 Å². The van der Waals surface area contributed by atoms with Gasteiger partial charge in [0.05, 0.1) is 25.5 Å². The average Bonchev–Trinajstić information content (AvgIpc) is 2.74. The van der Waals surface area contributed by atoms with E-state index in [2.05, 4.69) is 10.6 Å². The quantitative estimate of drug-likeness (QED) is 0.791. The molecule has 2 amide bonds. The molecule has 2 aromatic carbocycles. The van der Waals surface area contributed by atoms with E-state index in [1.807, 2.05) is 0 Å². The summed E-state index contributed by atoms with van der Waals surface area (Å²) in [6.07, 6.45) is 5.52. The second-order valence-electron chi connectivity index (χ2n) is 6.88. The molecule has 0 atom stereocenters. The monoisotopic (exact) mass is 382 g/mol. The fraction of sp³-hybridized carbons (Fsp3) is 0.364. The number of amides is 2. The van der Waals surface area contributed by atoms with Gasteiger partial charge in [0, 0.05) is 11.6 Å². The number of carbonyl (C=O) groups excluding carboxylic acids is 2. The molecule has 1 aliphatic carbocycles. The number of methoxy groups -OCH3 is 2. The van der Waals surface area contributed by atoms with Gasteiger partial charge in [-0.15, -0.1) is 0 Å². The van der Waals surface area contributed by atoms with E-state index in [1.54, 1.807) is 49.6 Å². The maximum Gasteiger partial charge on any atom is 0.255 e. The molecule has 0 radical (unpaired) electrons. The van der Waals surface area contributed by atoms with Crippen molar-refractivity contribution in [3.63, 3.8) is 0 Å². The Morgan fingerprint density at radius 1 is 0.893 bits per heavy atom. The van der Waals surface area contributed by atoms with Crippen LogP contribution in [0.5, 0.6) is 11.5 Å². The van der Waals surface area contributed by atoms with Crippen LogP contribution in [0.1, 0.15) is 52.8 Å². The van der Waals surface area contributed by atoms with Gasteiger partial charge < -0.3 is 20.1 Å². The average molecular weight is 382 g/mol. The summed E-state index contributed by atoms with van der Waals surface area (Å²) < 4.78 is 10.5. The first kappa shape index (κ1) is 19.7. The fourth-order valence-electron chi connectivity index (χ4n) is 3.47. The van der Waals surface area contributed by atoms with E-state index in [0.29, 0.717) is 28.3 Å². The van der Waals surface area contributed by atoms with Gasteiger partial charge >= 0.3 is 0 Å². The summed E-state index contributed by atoms with van der Waals surface area (Å²) in [5.74, 6) is 0.541. The smallest absolute Gasteiger partial charge is 0.255 e. The molecule has 0 spiro atoms. The summed E-state index contributed by atoms with van der Waals surface area (Å²) >= 11 is 0. The van der Waals surface area contributed by atoms with Crippen molar-refractivity contribution >= 4 is 17.5 Å².